The number of rotatable bonds is 2. The average molecular weight is 221 g/mol. The molecule has 1 aromatic carbocycles. The number of pyridine rings is 1. The monoisotopic (exact) mass is 220 g/mol. The Labute approximate surface area is 92.1 Å². The van der Waals surface area contributed by atoms with Crippen LogP contribution in [0.25, 0.3) is 10.9 Å². The van der Waals surface area contributed by atoms with E-state index in [4.69, 9.17) is 11.6 Å². The predicted octanol–water partition coefficient (Wildman–Crippen LogP) is 2.41. The van der Waals surface area contributed by atoms with Crippen LogP contribution in [0.15, 0.2) is 36.4 Å². The second-order valence-electron chi connectivity index (χ2n) is 3.07. The van der Waals surface area contributed by atoms with Gasteiger partial charge in [-0.05, 0) is 18.2 Å². The summed E-state index contributed by atoms with van der Waals surface area (Å²) in [5, 5.41) is 3.64. The highest BCUT2D eigenvalue weighted by Gasteiger charge is 2.01. The first kappa shape index (κ1) is 9.93. The predicted molar refractivity (Wildman–Crippen MR) is 61.1 cm³/mol. The minimum absolute atomic E-state index is 0.0610. The lowest BCUT2D eigenvalue weighted by atomic mass is 10.2. The molecule has 2 rings (SSSR count). The first-order chi connectivity index (χ1) is 7.29. The molecule has 2 aromatic rings. The highest BCUT2D eigenvalue weighted by molar-refractivity contribution is 6.29. The third-order valence-corrected chi connectivity index (χ3v) is 2.23. The van der Waals surface area contributed by atoms with Crippen molar-refractivity contribution in [1.29, 1.82) is 0 Å². The Morgan fingerprint density at radius 2 is 2.07 bits per heavy atom. The van der Waals surface area contributed by atoms with Crippen molar-refractivity contribution in [3.05, 3.63) is 36.4 Å². The summed E-state index contributed by atoms with van der Waals surface area (Å²) in [5.74, 6) is 0.216. The number of carbonyl (C=O) groups is 1. The smallest absolute Gasteiger partial charge is 0.240 e. The van der Waals surface area contributed by atoms with E-state index in [0.29, 0.717) is 5.82 Å². The number of amides is 1. The summed E-state index contributed by atoms with van der Waals surface area (Å²) in [7, 11) is 0. The largest absolute Gasteiger partial charge is 0.310 e. The molecule has 0 radical (unpaired) electrons. The molecule has 0 saturated heterocycles. The van der Waals surface area contributed by atoms with Gasteiger partial charge in [-0.25, -0.2) is 4.98 Å². The highest BCUT2D eigenvalue weighted by Crippen LogP contribution is 2.14. The van der Waals surface area contributed by atoms with E-state index in [1.807, 2.05) is 30.3 Å². The molecule has 4 heteroatoms. The number of alkyl halides is 1. The van der Waals surface area contributed by atoms with Crippen LogP contribution >= 0.6 is 11.6 Å². The quantitative estimate of drug-likeness (QED) is 0.790. The van der Waals surface area contributed by atoms with E-state index in [9.17, 15) is 4.79 Å². The van der Waals surface area contributed by atoms with Crippen LogP contribution < -0.4 is 5.32 Å². The van der Waals surface area contributed by atoms with Crippen LogP contribution in [0.1, 0.15) is 0 Å². The van der Waals surface area contributed by atoms with Gasteiger partial charge in [-0.3, -0.25) is 4.79 Å². The number of aromatic nitrogens is 1. The number of hydrogen-bond acceptors (Lipinski definition) is 2. The van der Waals surface area contributed by atoms with Gasteiger partial charge in [0.15, 0.2) is 0 Å². The number of hydrogen-bond donors (Lipinski definition) is 1. The fraction of sp³-hybridized carbons (Fsp3) is 0.0909. The molecule has 1 heterocycles. The summed E-state index contributed by atoms with van der Waals surface area (Å²) in [6, 6.07) is 11.4. The lowest BCUT2D eigenvalue weighted by molar-refractivity contribution is -0.113. The van der Waals surface area contributed by atoms with Gasteiger partial charge in [0.2, 0.25) is 5.91 Å². The Morgan fingerprint density at radius 3 is 2.87 bits per heavy atom. The number of halogens is 1. The van der Waals surface area contributed by atoms with E-state index < -0.39 is 0 Å². The van der Waals surface area contributed by atoms with Gasteiger partial charge in [-0.1, -0.05) is 18.2 Å². The molecule has 1 N–H and O–H groups in total. The third kappa shape index (κ3) is 2.25. The zero-order valence-corrected chi connectivity index (χ0v) is 8.66. The zero-order chi connectivity index (χ0) is 10.7. The van der Waals surface area contributed by atoms with E-state index in [1.54, 1.807) is 6.07 Å². The van der Waals surface area contributed by atoms with Crippen LogP contribution in [0.3, 0.4) is 0 Å². The van der Waals surface area contributed by atoms with Crippen molar-refractivity contribution in [2.24, 2.45) is 0 Å². The maximum absolute atomic E-state index is 11.0. The van der Waals surface area contributed by atoms with Crippen molar-refractivity contribution >= 4 is 34.2 Å². The fourth-order valence-electron chi connectivity index (χ4n) is 1.31. The van der Waals surface area contributed by atoms with Gasteiger partial charge in [-0.2, -0.15) is 0 Å². The molecule has 15 heavy (non-hydrogen) atoms. The van der Waals surface area contributed by atoms with E-state index in [1.165, 1.54) is 0 Å². The van der Waals surface area contributed by atoms with Gasteiger partial charge in [-0.15, -0.1) is 11.6 Å². The second-order valence-corrected chi connectivity index (χ2v) is 3.34. The normalized spacial score (nSPS) is 10.2. The second kappa shape index (κ2) is 4.28. The number of fused-ring (bicyclic) bond motifs is 1. The van der Waals surface area contributed by atoms with Crippen LogP contribution in [-0.4, -0.2) is 16.8 Å². The zero-order valence-electron chi connectivity index (χ0n) is 7.90. The summed E-state index contributed by atoms with van der Waals surface area (Å²) in [6.07, 6.45) is 0. The van der Waals surface area contributed by atoms with Crippen molar-refractivity contribution in [2.75, 3.05) is 11.2 Å². The number of anilines is 1. The van der Waals surface area contributed by atoms with Crippen LogP contribution in [0.2, 0.25) is 0 Å². The van der Waals surface area contributed by atoms with Gasteiger partial charge >= 0.3 is 0 Å². The van der Waals surface area contributed by atoms with Crippen LogP contribution in [-0.2, 0) is 4.79 Å². The summed E-state index contributed by atoms with van der Waals surface area (Å²) in [6.45, 7) is 0. The highest BCUT2D eigenvalue weighted by atomic mass is 35.5. The van der Waals surface area contributed by atoms with Crippen molar-refractivity contribution in [1.82, 2.24) is 4.98 Å². The van der Waals surface area contributed by atoms with Gasteiger partial charge < -0.3 is 5.32 Å². The topological polar surface area (TPSA) is 42.0 Å². The number of para-hydroxylation sites is 1. The maximum Gasteiger partial charge on any atom is 0.240 e. The van der Waals surface area contributed by atoms with Crippen molar-refractivity contribution in [3.8, 4) is 0 Å². The summed E-state index contributed by atoms with van der Waals surface area (Å²) < 4.78 is 0. The number of carbonyl (C=O) groups excluding carboxylic acids is 1. The van der Waals surface area contributed by atoms with E-state index >= 15 is 0 Å². The first-order valence-electron chi connectivity index (χ1n) is 4.51. The molecule has 0 aliphatic rings. The number of nitrogens with one attached hydrogen (secondary N) is 1. The third-order valence-electron chi connectivity index (χ3n) is 1.99. The number of nitrogens with zero attached hydrogens (tertiary/aromatic N) is 1. The summed E-state index contributed by atoms with van der Waals surface area (Å²) in [4.78, 5) is 15.3. The van der Waals surface area contributed by atoms with Gasteiger partial charge in [0.25, 0.3) is 0 Å². The number of benzene rings is 1. The molecule has 3 nitrogen and oxygen atoms in total. The molecule has 0 spiro atoms. The molecule has 1 amide bonds. The first-order valence-corrected chi connectivity index (χ1v) is 5.04. The van der Waals surface area contributed by atoms with E-state index in [2.05, 4.69) is 10.3 Å². The standard InChI is InChI=1S/C11H9ClN2O/c12-7-11(15)14-10-6-5-8-3-1-2-4-9(8)13-10/h1-6H,7H2,(H,13,14,15). The molecule has 0 unspecified atom stereocenters. The van der Waals surface area contributed by atoms with Crippen LogP contribution in [0.5, 0.6) is 0 Å². The Hall–Kier alpha value is -1.61. The van der Waals surface area contributed by atoms with Gasteiger partial charge in [0.1, 0.15) is 11.7 Å². The SMILES string of the molecule is O=C(CCl)Nc1ccc2ccccc2n1. The van der Waals surface area contributed by atoms with Crippen molar-refractivity contribution in [2.45, 2.75) is 0 Å². The molecular formula is C11H9ClN2O. The van der Waals surface area contributed by atoms with E-state index in [-0.39, 0.29) is 11.8 Å². The lowest BCUT2D eigenvalue weighted by Gasteiger charge is -2.03. The minimum Gasteiger partial charge on any atom is -0.310 e. The Kier molecular flexibility index (Phi) is 2.83. The fourth-order valence-corrected chi connectivity index (χ4v) is 1.38. The molecule has 0 fully saturated rings. The summed E-state index contributed by atoms with van der Waals surface area (Å²) >= 11 is 5.38. The van der Waals surface area contributed by atoms with Crippen molar-refractivity contribution < 1.29 is 4.79 Å². The maximum atomic E-state index is 11.0. The Morgan fingerprint density at radius 1 is 1.27 bits per heavy atom. The molecule has 0 aliphatic carbocycles. The molecule has 0 bridgehead atoms. The minimum atomic E-state index is -0.251. The molecule has 0 saturated carbocycles. The molecule has 1 aromatic heterocycles. The molecule has 76 valence electrons. The summed E-state index contributed by atoms with van der Waals surface area (Å²) in [5.41, 5.74) is 0.852. The molecular weight excluding hydrogens is 212 g/mol. The van der Waals surface area contributed by atoms with Crippen LogP contribution in [0, 0.1) is 0 Å². The van der Waals surface area contributed by atoms with Gasteiger partial charge in [0.05, 0.1) is 5.52 Å². The van der Waals surface area contributed by atoms with Crippen LogP contribution in [0.4, 0.5) is 5.82 Å². The average Bonchev–Trinajstić information content (AvgIpc) is 2.29. The lowest BCUT2D eigenvalue weighted by Crippen LogP contribution is -2.13. The van der Waals surface area contributed by atoms with Gasteiger partial charge in [0, 0.05) is 5.39 Å². The van der Waals surface area contributed by atoms with Crippen molar-refractivity contribution in [3.63, 3.8) is 0 Å². The Balaban J connectivity index is 2.34. The van der Waals surface area contributed by atoms with E-state index in [0.717, 1.165) is 10.9 Å². The molecule has 0 aliphatic heterocycles. The Bertz CT molecular complexity index is 499. The molecule has 0 atom stereocenters.